The van der Waals surface area contributed by atoms with Crippen LogP contribution in [0.25, 0.3) is 0 Å². The van der Waals surface area contributed by atoms with Crippen LogP contribution in [0.3, 0.4) is 0 Å². The van der Waals surface area contributed by atoms with Crippen LogP contribution in [0.15, 0.2) is 18.2 Å². The predicted molar refractivity (Wildman–Crippen MR) is 51.8 cm³/mol. The summed E-state index contributed by atoms with van der Waals surface area (Å²) in [6.45, 7) is 0.535. The first-order chi connectivity index (χ1) is 6.80. The molecule has 0 unspecified atom stereocenters. The average Bonchev–Trinajstić information content (AvgIpc) is 3.00. The van der Waals surface area contributed by atoms with Crippen molar-refractivity contribution in [3.05, 3.63) is 23.9 Å². The van der Waals surface area contributed by atoms with Gasteiger partial charge in [-0.25, -0.2) is 10.9 Å². The lowest BCUT2D eigenvalue weighted by molar-refractivity contribution is 0.115. The molecule has 0 aliphatic heterocycles. The van der Waals surface area contributed by atoms with E-state index >= 15 is 0 Å². The number of aromatic nitrogens is 1. The van der Waals surface area contributed by atoms with Crippen molar-refractivity contribution in [2.45, 2.75) is 18.3 Å². The molecule has 1 aromatic heterocycles. The second kappa shape index (κ2) is 3.55. The van der Waals surface area contributed by atoms with Gasteiger partial charge in [-0.05, 0) is 18.9 Å². The van der Waals surface area contributed by atoms with Gasteiger partial charge in [0.1, 0.15) is 0 Å². The molecule has 0 aromatic carbocycles. The van der Waals surface area contributed by atoms with Gasteiger partial charge in [-0.2, -0.15) is 0 Å². The zero-order valence-corrected chi connectivity index (χ0v) is 8.19. The Morgan fingerprint density at radius 3 is 2.86 bits per heavy atom. The van der Waals surface area contributed by atoms with Crippen molar-refractivity contribution >= 4 is 0 Å². The largest absolute Gasteiger partial charge is 0.481 e. The quantitative estimate of drug-likeness (QED) is 0.727. The van der Waals surface area contributed by atoms with Crippen molar-refractivity contribution in [2.75, 3.05) is 13.7 Å². The van der Waals surface area contributed by atoms with Crippen LogP contribution in [-0.4, -0.2) is 18.7 Å². The highest BCUT2D eigenvalue weighted by atomic mass is 16.6. The first-order valence-electron chi connectivity index (χ1n) is 4.64. The number of hydrogen-bond acceptors (Lipinski definition) is 4. The van der Waals surface area contributed by atoms with Gasteiger partial charge in [0.05, 0.1) is 19.4 Å². The molecule has 0 amide bonds. The summed E-state index contributed by atoms with van der Waals surface area (Å²) < 4.78 is 5.07. The second-order valence-corrected chi connectivity index (χ2v) is 3.66. The molecular formula is C10H14N2O2. The van der Waals surface area contributed by atoms with E-state index < -0.39 is 0 Å². The lowest BCUT2D eigenvalue weighted by Gasteiger charge is -2.13. The van der Waals surface area contributed by atoms with E-state index in [1.807, 2.05) is 18.2 Å². The zero-order chi connectivity index (χ0) is 10.0. The molecule has 4 heteroatoms. The van der Waals surface area contributed by atoms with Crippen molar-refractivity contribution in [3.63, 3.8) is 0 Å². The first-order valence-corrected chi connectivity index (χ1v) is 4.64. The second-order valence-electron chi connectivity index (χ2n) is 3.66. The molecule has 2 N–H and O–H groups in total. The maximum Gasteiger partial charge on any atom is 0.213 e. The Bertz CT molecular complexity index is 324. The first kappa shape index (κ1) is 9.43. The predicted octanol–water partition coefficient (Wildman–Crippen LogP) is 1.01. The highest BCUT2D eigenvalue weighted by Gasteiger charge is 2.46. The number of hydrogen-bond donors (Lipinski definition) is 1. The van der Waals surface area contributed by atoms with Gasteiger partial charge in [-0.15, -0.1) is 0 Å². The summed E-state index contributed by atoms with van der Waals surface area (Å²) in [6.07, 6.45) is 2.18. The fraction of sp³-hybridized carbons (Fsp3) is 0.500. The Labute approximate surface area is 83.0 Å². The minimum atomic E-state index is 0.0449. The zero-order valence-electron chi connectivity index (χ0n) is 8.19. The van der Waals surface area contributed by atoms with Crippen LogP contribution in [0, 0.1) is 0 Å². The molecule has 1 aliphatic carbocycles. The molecule has 1 fully saturated rings. The monoisotopic (exact) mass is 194 g/mol. The van der Waals surface area contributed by atoms with Gasteiger partial charge in [0.25, 0.3) is 0 Å². The maximum atomic E-state index is 5.10. The Morgan fingerprint density at radius 1 is 1.50 bits per heavy atom. The third kappa shape index (κ3) is 1.58. The molecule has 0 spiro atoms. The van der Waals surface area contributed by atoms with E-state index in [-0.39, 0.29) is 5.41 Å². The summed E-state index contributed by atoms with van der Waals surface area (Å²) in [7, 11) is 1.62. The van der Waals surface area contributed by atoms with Gasteiger partial charge in [0.2, 0.25) is 5.88 Å². The molecule has 76 valence electrons. The molecular weight excluding hydrogens is 180 g/mol. The van der Waals surface area contributed by atoms with E-state index in [9.17, 15) is 0 Å². The molecule has 2 rings (SSSR count). The van der Waals surface area contributed by atoms with E-state index in [2.05, 4.69) is 4.98 Å². The average molecular weight is 194 g/mol. The van der Waals surface area contributed by atoms with E-state index in [0.717, 1.165) is 18.5 Å². The number of methoxy groups -OCH3 is 1. The SMILES string of the molecule is COc1cccc(C2(CON)CC2)n1. The minimum Gasteiger partial charge on any atom is -0.481 e. The van der Waals surface area contributed by atoms with Crippen LogP contribution in [0.1, 0.15) is 18.5 Å². The molecule has 14 heavy (non-hydrogen) atoms. The molecule has 0 bridgehead atoms. The van der Waals surface area contributed by atoms with Gasteiger partial charge in [0.15, 0.2) is 0 Å². The molecule has 0 radical (unpaired) electrons. The normalized spacial score (nSPS) is 17.9. The Morgan fingerprint density at radius 2 is 2.29 bits per heavy atom. The van der Waals surface area contributed by atoms with E-state index in [1.165, 1.54) is 0 Å². The molecule has 1 heterocycles. The third-order valence-electron chi connectivity index (χ3n) is 2.69. The van der Waals surface area contributed by atoms with Crippen molar-refractivity contribution in [1.82, 2.24) is 4.98 Å². The van der Waals surface area contributed by atoms with Crippen LogP contribution in [0.4, 0.5) is 0 Å². The van der Waals surface area contributed by atoms with Crippen LogP contribution in [0.2, 0.25) is 0 Å². The van der Waals surface area contributed by atoms with Crippen molar-refractivity contribution in [1.29, 1.82) is 0 Å². The van der Waals surface area contributed by atoms with Gasteiger partial charge in [0, 0.05) is 11.5 Å². The summed E-state index contributed by atoms with van der Waals surface area (Å²) in [5.74, 6) is 5.75. The smallest absolute Gasteiger partial charge is 0.213 e. The summed E-state index contributed by atoms with van der Waals surface area (Å²) in [5.41, 5.74) is 1.06. The number of nitrogens with zero attached hydrogens (tertiary/aromatic N) is 1. The molecule has 1 saturated carbocycles. The van der Waals surface area contributed by atoms with E-state index in [0.29, 0.717) is 12.5 Å². The molecule has 0 saturated heterocycles. The van der Waals surface area contributed by atoms with Crippen molar-refractivity contribution in [3.8, 4) is 5.88 Å². The highest BCUT2D eigenvalue weighted by Crippen LogP contribution is 2.47. The molecule has 1 aromatic rings. The minimum absolute atomic E-state index is 0.0449. The van der Waals surface area contributed by atoms with Crippen LogP contribution in [0.5, 0.6) is 5.88 Å². The number of pyridine rings is 1. The summed E-state index contributed by atoms with van der Waals surface area (Å²) in [4.78, 5) is 9.10. The highest BCUT2D eigenvalue weighted by molar-refractivity contribution is 5.28. The molecule has 0 atom stereocenters. The standard InChI is InChI=1S/C10H14N2O2/c1-13-9-4-2-3-8(12-9)10(5-6-10)7-14-11/h2-4H,5-7,11H2,1H3. The van der Waals surface area contributed by atoms with Crippen LogP contribution in [-0.2, 0) is 10.3 Å². The number of rotatable bonds is 4. The van der Waals surface area contributed by atoms with Gasteiger partial charge in [-0.3, -0.25) is 0 Å². The molecule has 1 aliphatic rings. The Kier molecular flexibility index (Phi) is 2.39. The van der Waals surface area contributed by atoms with Gasteiger partial charge < -0.3 is 9.57 Å². The lowest BCUT2D eigenvalue weighted by Crippen LogP contribution is -2.19. The Hall–Kier alpha value is -1.13. The summed E-state index contributed by atoms with van der Waals surface area (Å²) in [6, 6.07) is 5.77. The maximum absolute atomic E-state index is 5.10. The lowest BCUT2D eigenvalue weighted by atomic mass is 10.0. The van der Waals surface area contributed by atoms with Crippen molar-refractivity contribution < 1.29 is 9.57 Å². The van der Waals surface area contributed by atoms with Gasteiger partial charge >= 0.3 is 0 Å². The molecule has 4 nitrogen and oxygen atoms in total. The fourth-order valence-corrected chi connectivity index (χ4v) is 1.61. The number of ether oxygens (including phenoxy) is 1. The topological polar surface area (TPSA) is 57.4 Å². The van der Waals surface area contributed by atoms with Gasteiger partial charge in [-0.1, -0.05) is 6.07 Å². The fourth-order valence-electron chi connectivity index (χ4n) is 1.61. The van der Waals surface area contributed by atoms with Crippen LogP contribution >= 0.6 is 0 Å². The Balaban J connectivity index is 2.23. The number of nitrogens with two attached hydrogens (primary N) is 1. The van der Waals surface area contributed by atoms with E-state index in [1.54, 1.807) is 7.11 Å². The van der Waals surface area contributed by atoms with E-state index in [4.69, 9.17) is 15.5 Å². The summed E-state index contributed by atoms with van der Waals surface area (Å²) in [5, 5.41) is 0. The van der Waals surface area contributed by atoms with Crippen LogP contribution < -0.4 is 10.6 Å². The summed E-state index contributed by atoms with van der Waals surface area (Å²) >= 11 is 0. The van der Waals surface area contributed by atoms with Crippen molar-refractivity contribution in [2.24, 2.45) is 5.90 Å². The third-order valence-corrected chi connectivity index (χ3v) is 2.69.